The first-order valence-corrected chi connectivity index (χ1v) is 5.06. The zero-order chi connectivity index (χ0) is 14.6. The van der Waals surface area contributed by atoms with E-state index in [1.165, 1.54) is 14.0 Å². The summed E-state index contributed by atoms with van der Waals surface area (Å²) in [6.07, 6.45) is -4.02. The van der Waals surface area contributed by atoms with Crippen molar-refractivity contribution in [3.8, 4) is 0 Å². The van der Waals surface area contributed by atoms with Gasteiger partial charge in [-0.05, 0) is 6.92 Å². The molecule has 0 saturated carbocycles. The van der Waals surface area contributed by atoms with Crippen LogP contribution in [0, 0.1) is 6.92 Å². The Morgan fingerprint density at radius 3 is 2.26 bits per heavy atom. The molecule has 0 unspecified atom stereocenters. The Morgan fingerprint density at radius 2 is 1.74 bits per heavy atom. The maximum Gasteiger partial charge on any atom is 0.459 e. The van der Waals surface area contributed by atoms with Gasteiger partial charge in [0.1, 0.15) is 5.69 Å². The van der Waals surface area contributed by atoms with Gasteiger partial charge in [-0.25, -0.2) is 4.98 Å². The van der Waals surface area contributed by atoms with Crippen molar-refractivity contribution in [3.63, 3.8) is 0 Å². The van der Waals surface area contributed by atoms with Crippen LogP contribution in [0.3, 0.4) is 0 Å². The van der Waals surface area contributed by atoms with E-state index in [1.807, 2.05) is 0 Å². The largest absolute Gasteiger partial charge is 0.459 e. The van der Waals surface area contributed by atoms with E-state index < -0.39 is 23.4 Å². The molecule has 4 nitrogen and oxygen atoms in total. The molecule has 0 aliphatic carbocycles. The molecule has 2 aromatic rings. The minimum Gasteiger partial charge on any atom is -0.292 e. The normalized spacial score (nSPS) is 13.2. The van der Waals surface area contributed by atoms with E-state index in [2.05, 4.69) is 4.98 Å². The highest BCUT2D eigenvalue weighted by molar-refractivity contribution is 5.35. The number of rotatable bonds is 1. The summed E-state index contributed by atoms with van der Waals surface area (Å²) in [4.78, 5) is 14.7. The quantitative estimate of drug-likeness (QED) is 0.750. The average Bonchev–Trinajstić information content (AvgIpc) is 2.69. The van der Waals surface area contributed by atoms with Crippen LogP contribution in [0.2, 0.25) is 0 Å². The number of aromatic nitrogens is 3. The highest BCUT2D eigenvalue weighted by Gasteiger charge is 2.60. The number of fused-ring (bicyclic) bond motifs is 1. The SMILES string of the molecule is Cc1cn2cc(C(F)(F)C(F)(F)F)nc2n(C)c1=O. The van der Waals surface area contributed by atoms with Crippen LogP contribution in [0.1, 0.15) is 11.3 Å². The van der Waals surface area contributed by atoms with Gasteiger partial charge in [-0.15, -0.1) is 0 Å². The van der Waals surface area contributed by atoms with E-state index >= 15 is 0 Å². The van der Waals surface area contributed by atoms with E-state index in [0.29, 0.717) is 6.20 Å². The molecule has 0 amide bonds. The standard InChI is InChI=1S/C10H8F5N3O/c1-5-3-18-4-6(9(11,12)10(13,14)15)16-8(18)17(2)7(5)19/h3-4H,1-2H3. The lowest BCUT2D eigenvalue weighted by Crippen LogP contribution is -2.34. The number of imidazole rings is 1. The molecule has 0 saturated heterocycles. The van der Waals surface area contributed by atoms with Gasteiger partial charge in [-0.1, -0.05) is 0 Å². The van der Waals surface area contributed by atoms with Crippen LogP contribution in [-0.4, -0.2) is 20.1 Å². The molecule has 2 aromatic heterocycles. The van der Waals surface area contributed by atoms with E-state index in [4.69, 9.17) is 0 Å². The average molecular weight is 281 g/mol. The third-order valence-corrected chi connectivity index (χ3v) is 2.67. The topological polar surface area (TPSA) is 39.3 Å². The van der Waals surface area contributed by atoms with Crippen molar-refractivity contribution in [2.24, 2.45) is 7.05 Å². The molecule has 0 aromatic carbocycles. The summed E-state index contributed by atoms with van der Waals surface area (Å²) in [7, 11) is 1.24. The number of alkyl halides is 5. The highest BCUT2D eigenvalue weighted by Crippen LogP contribution is 2.43. The fourth-order valence-corrected chi connectivity index (χ4v) is 1.64. The Morgan fingerprint density at radius 1 is 1.16 bits per heavy atom. The highest BCUT2D eigenvalue weighted by atomic mass is 19.4. The third kappa shape index (κ3) is 1.89. The summed E-state index contributed by atoms with van der Waals surface area (Å²) < 4.78 is 64.9. The van der Waals surface area contributed by atoms with Crippen LogP contribution in [0.25, 0.3) is 5.78 Å². The molecule has 0 fully saturated rings. The second-order valence-corrected chi connectivity index (χ2v) is 4.08. The smallest absolute Gasteiger partial charge is 0.292 e. The molecule has 0 aliphatic rings. The number of aryl methyl sites for hydroxylation is 2. The minimum absolute atomic E-state index is 0.203. The summed E-state index contributed by atoms with van der Waals surface area (Å²) >= 11 is 0. The Bertz CT molecular complexity index is 697. The van der Waals surface area contributed by atoms with Gasteiger partial charge in [0.05, 0.1) is 0 Å². The lowest BCUT2D eigenvalue weighted by atomic mass is 10.2. The van der Waals surface area contributed by atoms with Crippen LogP contribution < -0.4 is 5.56 Å². The Labute approximate surface area is 103 Å². The van der Waals surface area contributed by atoms with Gasteiger partial charge in [-0.3, -0.25) is 13.8 Å². The van der Waals surface area contributed by atoms with Crippen molar-refractivity contribution in [1.82, 2.24) is 14.0 Å². The lowest BCUT2D eigenvalue weighted by Gasteiger charge is -2.16. The van der Waals surface area contributed by atoms with Crippen molar-refractivity contribution in [3.05, 3.63) is 34.0 Å². The van der Waals surface area contributed by atoms with E-state index in [-0.39, 0.29) is 11.3 Å². The van der Waals surface area contributed by atoms with E-state index in [9.17, 15) is 26.7 Å². The molecule has 0 bridgehead atoms. The van der Waals surface area contributed by atoms with Crippen molar-refractivity contribution >= 4 is 5.78 Å². The monoisotopic (exact) mass is 281 g/mol. The van der Waals surface area contributed by atoms with Gasteiger partial charge in [-0.2, -0.15) is 22.0 Å². The second kappa shape index (κ2) is 3.78. The maximum absolute atomic E-state index is 13.1. The van der Waals surface area contributed by atoms with Crippen molar-refractivity contribution < 1.29 is 22.0 Å². The van der Waals surface area contributed by atoms with Gasteiger partial charge in [0, 0.05) is 25.0 Å². The molecule has 0 N–H and O–H groups in total. The fraction of sp³-hybridized carbons (Fsp3) is 0.400. The van der Waals surface area contributed by atoms with Crippen LogP contribution in [0.4, 0.5) is 22.0 Å². The van der Waals surface area contributed by atoms with Crippen LogP contribution >= 0.6 is 0 Å². The maximum atomic E-state index is 13.1. The summed E-state index contributed by atoms with van der Waals surface area (Å²) in [6.45, 7) is 1.42. The Kier molecular flexibility index (Phi) is 2.69. The molecular weight excluding hydrogens is 273 g/mol. The predicted molar refractivity (Wildman–Crippen MR) is 55.1 cm³/mol. The van der Waals surface area contributed by atoms with Gasteiger partial charge >= 0.3 is 12.1 Å². The number of hydrogen-bond donors (Lipinski definition) is 0. The number of nitrogens with zero attached hydrogens (tertiary/aromatic N) is 3. The zero-order valence-electron chi connectivity index (χ0n) is 9.79. The van der Waals surface area contributed by atoms with E-state index in [0.717, 1.165) is 15.2 Å². The van der Waals surface area contributed by atoms with Crippen LogP contribution in [0.15, 0.2) is 17.2 Å². The lowest BCUT2D eigenvalue weighted by molar-refractivity contribution is -0.290. The third-order valence-electron chi connectivity index (χ3n) is 2.67. The predicted octanol–water partition coefficient (Wildman–Crippen LogP) is 2.00. The van der Waals surface area contributed by atoms with Crippen LogP contribution in [0.5, 0.6) is 0 Å². The summed E-state index contributed by atoms with van der Waals surface area (Å²) in [5.74, 6) is -5.35. The summed E-state index contributed by atoms with van der Waals surface area (Å²) in [6, 6.07) is 0. The Hall–Kier alpha value is -1.93. The van der Waals surface area contributed by atoms with Gasteiger partial charge < -0.3 is 0 Å². The van der Waals surface area contributed by atoms with Crippen molar-refractivity contribution in [2.45, 2.75) is 19.0 Å². The van der Waals surface area contributed by atoms with E-state index in [1.54, 1.807) is 0 Å². The minimum atomic E-state index is -5.74. The number of hydrogen-bond acceptors (Lipinski definition) is 2. The molecule has 2 rings (SSSR count). The molecule has 9 heteroatoms. The summed E-state index contributed by atoms with van der Waals surface area (Å²) in [5.41, 5.74) is -1.75. The van der Waals surface area contributed by atoms with Crippen molar-refractivity contribution in [2.75, 3.05) is 0 Å². The molecule has 0 radical (unpaired) electrons. The van der Waals surface area contributed by atoms with Crippen LogP contribution in [-0.2, 0) is 13.0 Å². The van der Waals surface area contributed by atoms with Gasteiger partial charge in [0.2, 0.25) is 5.78 Å². The van der Waals surface area contributed by atoms with Gasteiger partial charge in [0.15, 0.2) is 0 Å². The molecule has 0 atom stereocenters. The molecule has 0 aliphatic heterocycles. The molecule has 0 spiro atoms. The molecule has 19 heavy (non-hydrogen) atoms. The second-order valence-electron chi connectivity index (χ2n) is 4.08. The fourth-order valence-electron chi connectivity index (χ4n) is 1.64. The molecule has 104 valence electrons. The first kappa shape index (κ1) is 13.5. The molecular formula is C10H8F5N3O. The van der Waals surface area contributed by atoms with Crippen molar-refractivity contribution in [1.29, 1.82) is 0 Å². The van der Waals surface area contributed by atoms with Gasteiger partial charge in [0.25, 0.3) is 5.56 Å². The first-order valence-electron chi connectivity index (χ1n) is 5.06. The zero-order valence-corrected chi connectivity index (χ0v) is 9.79. The Balaban J connectivity index is 2.74. The molecule has 2 heterocycles. The first-order chi connectivity index (χ1) is 8.55. The number of halogens is 5. The summed E-state index contributed by atoms with van der Waals surface area (Å²) in [5, 5.41) is 0.